The molecule has 0 fully saturated rings. The first kappa shape index (κ1) is 68.6. The predicted molar refractivity (Wildman–Crippen MR) is 316 cm³/mol. The second-order valence-corrected chi connectivity index (χ2v) is 19.3. The van der Waals surface area contributed by atoms with Crippen LogP contribution in [0.15, 0.2) is 134 Å². The lowest BCUT2D eigenvalue weighted by Gasteiger charge is -2.18. The van der Waals surface area contributed by atoms with Crippen LogP contribution in [0.5, 0.6) is 0 Å². The van der Waals surface area contributed by atoms with Crippen molar-refractivity contribution in [2.75, 3.05) is 13.2 Å². The van der Waals surface area contributed by atoms with Gasteiger partial charge in [-0.2, -0.15) is 0 Å². The van der Waals surface area contributed by atoms with E-state index in [1.54, 1.807) is 0 Å². The van der Waals surface area contributed by atoms with Crippen LogP contribution in [-0.2, 0) is 28.6 Å². The molecule has 0 saturated heterocycles. The molecule has 0 N–H and O–H groups in total. The molecule has 6 heteroatoms. The normalized spacial score (nSPS) is 13.1. The Morgan fingerprint density at radius 1 is 0.301 bits per heavy atom. The second-order valence-electron chi connectivity index (χ2n) is 19.3. The van der Waals surface area contributed by atoms with Crippen LogP contribution >= 0.6 is 0 Å². The van der Waals surface area contributed by atoms with Crippen molar-refractivity contribution in [1.82, 2.24) is 0 Å². The third-order valence-electron chi connectivity index (χ3n) is 12.3. The van der Waals surface area contributed by atoms with E-state index in [0.29, 0.717) is 19.3 Å². The summed E-state index contributed by atoms with van der Waals surface area (Å²) in [6, 6.07) is 0. The van der Waals surface area contributed by atoms with E-state index in [0.717, 1.165) is 96.3 Å². The first-order valence-corrected chi connectivity index (χ1v) is 29.8. The first-order chi connectivity index (χ1) is 36.0. The van der Waals surface area contributed by atoms with E-state index in [-0.39, 0.29) is 31.1 Å². The fourth-order valence-corrected chi connectivity index (χ4v) is 7.89. The van der Waals surface area contributed by atoms with E-state index in [1.165, 1.54) is 116 Å². The Bertz CT molecular complexity index is 1580. The molecule has 0 aliphatic rings. The lowest BCUT2D eigenvalue weighted by Crippen LogP contribution is -2.30. The van der Waals surface area contributed by atoms with Crippen molar-refractivity contribution in [2.24, 2.45) is 0 Å². The topological polar surface area (TPSA) is 78.9 Å². The van der Waals surface area contributed by atoms with Crippen molar-refractivity contribution in [2.45, 2.75) is 258 Å². The minimum atomic E-state index is -0.807. The maximum Gasteiger partial charge on any atom is 0.306 e. The lowest BCUT2D eigenvalue weighted by atomic mass is 10.1. The van der Waals surface area contributed by atoms with E-state index >= 15 is 0 Å². The average molecular weight is 1010 g/mol. The van der Waals surface area contributed by atoms with Crippen LogP contribution in [0.4, 0.5) is 0 Å². The molecule has 0 aromatic rings. The van der Waals surface area contributed by atoms with Crippen LogP contribution in [0, 0.1) is 0 Å². The summed E-state index contributed by atoms with van der Waals surface area (Å²) in [6.45, 7) is 6.32. The van der Waals surface area contributed by atoms with E-state index in [2.05, 4.69) is 93.7 Å². The number of carbonyl (C=O) groups is 3. The standard InChI is InChI=1S/C67H108O6/c1-4-7-10-13-16-19-22-25-28-31-33-36-39-42-45-48-51-54-57-60-66(69)72-63-64(62-71-65(68)59-56-53-50-47-44-41-38-35-30-27-24-21-18-15-12-9-6-3)73-67(70)61-58-55-52-49-46-43-40-37-34-32-29-26-23-20-17-14-11-8-5-2/h7,9-10,12,15-21,23-28,30,35,38,41,44,64H,4-6,8,11,13-14,22,29,31-34,36-37,39-40,42-43,45-63H2,1-3H3/b10-7-,12-9-,18-15-,19-16-,20-17-,24-21-,26-23-,28-25-,30-27-,38-35+,44-41-. The molecule has 0 spiro atoms. The average Bonchev–Trinajstić information content (AvgIpc) is 3.39. The fraction of sp³-hybridized carbons (Fsp3) is 0.627. The molecule has 412 valence electrons. The summed E-state index contributed by atoms with van der Waals surface area (Å²) in [5.74, 6) is -0.955. The van der Waals surface area contributed by atoms with Crippen LogP contribution < -0.4 is 0 Å². The Hall–Kier alpha value is -4.45. The molecule has 0 aromatic heterocycles. The van der Waals surface area contributed by atoms with Crippen LogP contribution in [0.25, 0.3) is 0 Å². The molecular weight excluding hydrogens is 901 g/mol. The van der Waals surface area contributed by atoms with Gasteiger partial charge in [0.1, 0.15) is 13.2 Å². The third-order valence-corrected chi connectivity index (χ3v) is 12.3. The largest absolute Gasteiger partial charge is 0.462 e. The van der Waals surface area contributed by atoms with Gasteiger partial charge in [-0.25, -0.2) is 0 Å². The number of carbonyl (C=O) groups excluding carboxylic acids is 3. The van der Waals surface area contributed by atoms with Gasteiger partial charge in [-0.05, 0) is 96.3 Å². The van der Waals surface area contributed by atoms with Gasteiger partial charge in [-0.3, -0.25) is 14.4 Å². The molecule has 1 atom stereocenters. The molecule has 0 radical (unpaired) electrons. The molecular formula is C67H108O6. The molecule has 6 nitrogen and oxygen atoms in total. The second kappa shape index (κ2) is 60.1. The summed E-state index contributed by atoms with van der Waals surface area (Å²) in [4.78, 5) is 38.3. The van der Waals surface area contributed by atoms with Crippen molar-refractivity contribution in [3.8, 4) is 0 Å². The quantitative estimate of drug-likeness (QED) is 0.0199. The van der Waals surface area contributed by atoms with E-state index in [4.69, 9.17) is 14.2 Å². The van der Waals surface area contributed by atoms with Gasteiger partial charge in [0.15, 0.2) is 6.10 Å². The molecule has 0 amide bonds. The third kappa shape index (κ3) is 58.3. The molecule has 0 heterocycles. The van der Waals surface area contributed by atoms with Gasteiger partial charge in [-0.1, -0.05) is 270 Å². The monoisotopic (exact) mass is 1010 g/mol. The summed E-state index contributed by atoms with van der Waals surface area (Å²) >= 11 is 0. The molecule has 0 aromatic carbocycles. The van der Waals surface area contributed by atoms with Crippen LogP contribution in [0.2, 0.25) is 0 Å². The number of allylic oxidation sites excluding steroid dienone is 22. The van der Waals surface area contributed by atoms with Gasteiger partial charge in [0.2, 0.25) is 0 Å². The zero-order valence-corrected chi connectivity index (χ0v) is 47.1. The minimum Gasteiger partial charge on any atom is -0.462 e. The van der Waals surface area contributed by atoms with E-state index in [9.17, 15) is 14.4 Å². The summed E-state index contributed by atoms with van der Waals surface area (Å²) < 4.78 is 16.9. The summed E-state index contributed by atoms with van der Waals surface area (Å²) in [6.07, 6.45) is 84.3. The highest BCUT2D eigenvalue weighted by Gasteiger charge is 2.19. The van der Waals surface area contributed by atoms with E-state index < -0.39 is 6.10 Å². The van der Waals surface area contributed by atoms with Crippen molar-refractivity contribution in [1.29, 1.82) is 0 Å². The van der Waals surface area contributed by atoms with Gasteiger partial charge in [0, 0.05) is 19.3 Å². The minimum absolute atomic E-state index is 0.101. The Kier molecular flexibility index (Phi) is 56.4. The molecule has 73 heavy (non-hydrogen) atoms. The number of unbranched alkanes of at least 4 members (excludes halogenated alkanes) is 25. The number of esters is 3. The zero-order valence-electron chi connectivity index (χ0n) is 47.1. The van der Waals surface area contributed by atoms with Gasteiger partial charge >= 0.3 is 17.9 Å². The first-order valence-electron chi connectivity index (χ1n) is 29.8. The maximum atomic E-state index is 12.9. The molecule has 1 unspecified atom stereocenters. The van der Waals surface area contributed by atoms with Crippen molar-refractivity contribution in [3.63, 3.8) is 0 Å². The highest BCUT2D eigenvalue weighted by atomic mass is 16.6. The predicted octanol–water partition coefficient (Wildman–Crippen LogP) is 20.2. The molecule has 0 bridgehead atoms. The fourth-order valence-electron chi connectivity index (χ4n) is 7.89. The van der Waals surface area contributed by atoms with Crippen molar-refractivity contribution >= 4 is 17.9 Å². The molecule has 0 rings (SSSR count). The summed E-state index contributed by atoms with van der Waals surface area (Å²) in [5.41, 5.74) is 0. The maximum absolute atomic E-state index is 12.9. The lowest BCUT2D eigenvalue weighted by molar-refractivity contribution is -0.167. The Morgan fingerprint density at radius 3 is 1.03 bits per heavy atom. The van der Waals surface area contributed by atoms with Crippen LogP contribution in [-0.4, -0.2) is 37.2 Å². The van der Waals surface area contributed by atoms with Crippen LogP contribution in [0.3, 0.4) is 0 Å². The zero-order chi connectivity index (χ0) is 52.9. The van der Waals surface area contributed by atoms with Gasteiger partial charge in [0.05, 0.1) is 0 Å². The number of hydrogen-bond donors (Lipinski definition) is 0. The van der Waals surface area contributed by atoms with E-state index in [1.807, 2.05) is 60.8 Å². The van der Waals surface area contributed by atoms with Gasteiger partial charge in [-0.15, -0.1) is 0 Å². The van der Waals surface area contributed by atoms with Crippen molar-refractivity contribution < 1.29 is 28.6 Å². The summed E-state index contributed by atoms with van der Waals surface area (Å²) in [7, 11) is 0. The number of ether oxygens (including phenoxy) is 3. The number of rotatable bonds is 52. The number of hydrogen-bond acceptors (Lipinski definition) is 6. The molecule has 0 aliphatic carbocycles. The SMILES string of the molecule is CC\C=C/C=C\C=C/C=C\C=C\C=C/CCCCCC(=O)OCC(COC(=O)CCCCCCCCCCC/C=C\C/C=C\C/C=C\CC)OC(=O)CCCCCCCCCCCC/C=C\C=C/CCCCC. The highest BCUT2D eigenvalue weighted by molar-refractivity contribution is 5.71. The van der Waals surface area contributed by atoms with Crippen molar-refractivity contribution in [3.05, 3.63) is 134 Å². The Morgan fingerprint density at radius 2 is 0.603 bits per heavy atom. The van der Waals surface area contributed by atoms with Gasteiger partial charge < -0.3 is 14.2 Å². The smallest absolute Gasteiger partial charge is 0.306 e. The van der Waals surface area contributed by atoms with Crippen LogP contribution in [0.1, 0.15) is 252 Å². The molecule has 0 aliphatic heterocycles. The summed E-state index contributed by atoms with van der Waals surface area (Å²) in [5, 5.41) is 0. The Labute approximate surface area is 449 Å². The van der Waals surface area contributed by atoms with Gasteiger partial charge in [0.25, 0.3) is 0 Å². The Balaban J connectivity index is 4.49. The highest BCUT2D eigenvalue weighted by Crippen LogP contribution is 2.15. The molecule has 0 saturated carbocycles.